The fourth-order valence-corrected chi connectivity index (χ4v) is 2.51. The van der Waals surface area contributed by atoms with Gasteiger partial charge in [0.05, 0.1) is 6.61 Å². The Balaban J connectivity index is 1.64. The summed E-state index contributed by atoms with van der Waals surface area (Å²) >= 11 is 0. The quantitative estimate of drug-likeness (QED) is 0.727. The Kier molecular flexibility index (Phi) is 5.63. The molecule has 1 aliphatic heterocycles. The van der Waals surface area contributed by atoms with Crippen LogP contribution in [-0.2, 0) is 6.54 Å². The van der Waals surface area contributed by atoms with E-state index in [-0.39, 0.29) is 0 Å². The molecule has 0 spiro atoms. The van der Waals surface area contributed by atoms with Gasteiger partial charge in [-0.25, -0.2) is 0 Å². The van der Waals surface area contributed by atoms with E-state index in [9.17, 15) is 0 Å². The highest BCUT2D eigenvalue weighted by Gasteiger charge is 2.20. The lowest BCUT2D eigenvalue weighted by atomic mass is 10.1. The molecule has 1 aromatic rings. The maximum atomic E-state index is 9.09. The van der Waals surface area contributed by atoms with Crippen molar-refractivity contribution in [1.82, 2.24) is 4.90 Å². The highest BCUT2D eigenvalue weighted by molar-refractivity contribution is 5.28. The average molecular weight is 264 g/mol. The zero-order chi connectivity index (χ0) is 13.5. The van der Waals surface area contributed by atoms with E-state index in [1.165, 1.54) is 0 Å². The molecule has 0 saturated carbocycles. The number of benzene rings is 1. The number of nitrogens with two attached hydrogens (primary N) is 1. The predicted molar refractivity (Wildman–Crippen MR) is 76.1 cm³/mol. The average Bonchev–Trinajstić information content (AvgIpc) is 2.92. The zero-order valence-electron chi connectivity index (χ0n) is 11.4. The maximum absolute atomic E-state index is 9.09. The van der Waals surface area contributed by atoms with Crippen molar-refractivity contribution in [3.8, 4) is 5.75 Å². The molecule has 19 heavy (non-hydrogen) atoms. The molecule has 0 bridgehead atoms. The van der Waals surface area contributed by atoms with Crippen LogP contribution in [0.2, 0.25) is 0 Å². The van der Waals surface area contributed by atoms with E-state index in [0.29, 0.717) is 19.1 Å². The van der Waals surface area contributed by atoms with Crippen LogP contribution in [0.4, 0.5) is 0 Å². The van der Waals surface area contributed by atoms with E-state index in [4.69, 9.17) is 15.6 Å². The second-order valence-electron chi connectivity index (χ2n) is 5.19. The van der Waals surface area contributed by atoms with Crippen molar-refractivity contribution in [1.29, 1.82) is 0 Å². The highest BCUT2D eigenvalue weighted by atomic mass is 16.5. The summed E-state index contributed by atoms with van der Waals surface area (Å²) in [4.78, 5) is 2.40. The summed E-state index contributed by atoms with van der Waals surface area (Å²) in [5, 5.41) is 9.09. The van der Waals surface area contributed by atoms with Gasteiger partial charge in [-0.2, -0.15) is 0 Å². The third-order valence-electron chi connectivity index (χ3n) is 3.65. The van der Waals surface area contributed by atoms with Crippen LogP contribution < -0.4 is 10.5 Å². The van der Waals surface area contributed by atoms with Gasteiger partial charge in [0.1, 0.15) is 5.75 Å². The molecular weight excluding hydrogens is 240 g/mol. The minimum atomic E-state index is 0.318. The monoisotopic (exact) mass is 264 g/mol. The van der Waals surface area contributed by atoms with Crippen molar-refractivity contribution < 1.29 is 9.84 Å². The molecule has 1 atom stereocenters. The Bertz CT molecular complexity index is 384. The van der Waals surface area contributed by atoms with Gasteiger partial charge in [-0.05, 0) is 43.0 Å². The summed E-state index contributed by atoms with van der Waals surface area (Å²) in [5.41, 5.74) is 6.70. The number of ether oxygens (including phenoxy) is 1. The molecule has 106 valence electrons. The summed E-state index contributed by atoms with van der Waals surface area (Å²) in [6, 6.07) is 7.95. The van der Waals surface area contributed by atoms with Gasteiger partial charge in [-0.1, -0.05) is 12.1 Å². The van der Waals surface area contributed by atoms with E-state index in [0.717, 1.165) is 50.4 Å². The number of aliphatic hydroxyl groups is 1. The molecule has 0 aromatic heterocycles. The molecular formula is C15H24N2O2. The molecule has 1 unspecified atom stereocenters. The largest absolute Gasteiger partial charge is 0.494 e. The van der Waals surface area contributed by atoms with Gasteiger partial charge in [0.2, 0.25) is 0 Å². The normalized spacial score (nSPS) is 19.8. The summed E-state index contributed by atoms with van der Waals surface area (Å²) in [5.74, 6) is 1.37. The minimum Gasteiger partial charge on any atom is -0.494 e. The molecule has 1 aromatic carbocycles. The number of hydrogen-bond donors (Lipinski definition) is 2. The standard InChI is InChI=1S/C15H24N2O2/c16-10-13-3-1-4-15(9-13)19-8-2-6-17-7-5-14(11-17)12-18/h1,3-4,9,14,18H,2,5-8,10-12,16H2. The van der Waals surface area contributed by atoms with Crippen molar-refractivity contribution in [3.05, 3.63) is 29.8 Å². The van der Waals surface area contributed by atoms with Gasteiger partial charge in [-0.3, -0.25) is 0 Å². The van der Waals surface area contributed by atoms with Gasteiger partial charge in [0.25, 0.3) is 0 Å². The van der Waals surface area contributed by atoms with Crippen LogP contribution in [0.1, 0.15) is 18.4 Å². The van der Waals surface area contributed by atoms with Gasteiger partial charge >= 0.3 is 0 Å². The number of hydrogen-bond acceptors (Lipinski definition) is 4. The second kappa shape index (κ2) is 7.48. The first-order valence-electron chi connectivity index (χ1n) is 7.07. The fraction of sp³-hybridized carbons (Fsp3) is 0.600. The van der Waals surface area contributed by atoms with Gasteiger partial charge in [-0.15, -0.1) is 0 Å². The zero-order valence-corrected chi connectivity index (χ0v) is 11.4. The number of rotatable bonds is 7. The first-order valence-corrected chi connectivity index (χ1v) is 7.07. The molecule has 0 aliphatic carbocycles. The number of aliphatic hydroxyl groups excluding tert-OH is 1. The smallest absolute Gasteiger partial charge is 0.119 e. The van der Waals surface area contributed by atoms with Crippen LogP contribution in [0.5, 0.6) is 5.75 Å². The topological polar surface area (TPSA) is 58.7 Å². The predicted octanol–water partition coefficient (Wildman–Crippen LogP) is 1.23. The van der Waals surface area contributed by atoms with Crippen LogP contribution in [0.3, 0.4) is 0 Å². The molecule has 1 saturated heterocycles. The van der Waals surface area contributed by atoms with E-state index in [1.807, 2.05) is 24.3 Å². The van der Waals surface area contributed by atoms with Crippen LogP contribution in [0.25, 0.3) is 0 Å². The van der Waals surface area contributed by atoms with Crippen LogP contribution >= 0.6 is 0 Å². The molecule has 1 heterocycles. The molecule has 1 fully saturated rings. The number of nitrogens with zero attached hydrogens (tertiary/aromatic N) is 1. The Morgan fingerprint density at radius 1 is 1.42 bits per heavy atom. The maximum Gasteiger partial charge on any atom is 0.119 e. The molecule has 4 nitrogen and oxygen atoms in total. The first-order chi connectivity index (χ1) is 9.31. The van der Waals surface area contributed by atoms with Crippen LogP contribution in [-0.4, -0.2) is 42.9 Å². The Hall–Kier alpha value is -1.10. The van der Waals surface area contributed by atoms with Gasteiger partial charge in [0.15, 0.2) is 0 Å². The summed E-state index contributed by atoms with van der Waals surface area (Å²) in [7, 11) is 0. The molecule has 4 heteroatoms. The van der Waals surface area contributed by atoms with Gasteiger partial charge in [0, 0.05) is 26.2 Å². The second-order valence-corrected chi connectivity index (χ2v) is 5.19. The minimum absolute atomic E-state index is 0.318. The van der Waals surface area contributed by atoms with E-state index >= 15 is 0 Å². The summed E-state index contributed by atoms with van der Waals surface area (Å²) < 4.78 is 5.73. The van der Waals surface area contributed by atoms with E-state index < -0.39 is 0 Å². The molecule has 2 rings (SSSR count). The van der Waals surface area contributed by atoms with Crippen molar-refractivity contribution in [2.75, 3.05) is 32.8 Å². The third-order valence-corrected chi connectivity index (χ3v) is 3.65. The van der Waals surface area contributed by atoms with Crippen LogP contribution in [0, 0.1) is 5.92 Å². The summed E-state index contributed by atoms with van der Waals surface area (Å²) in [6.45, 7) is 4.78. The Morgan fingerprint density at radius 3 is 3.05 bits per heavy atom. The Labute approximate surface area is 115 Å². The number of likely N-dealkylation sites (tertiary alicyclic amines) is 1. The SMILES string of the molecule is NCc1cccc(OCCCN2CCC(CO)C2)c1. The highest BCUT2D eigenvalue weighted by Crippen LogP contribution is 2.16. The lowest BCUT2D eigenvalue weighted by molar-refractivity contribution is 0.215. The third kappa shape index (κ3) is 4.49. The van der Waals surface area contributed by atoms with E-state index in [2.05, 4.69) is 4.90 Å². The van der Waals surface area contributed by atoms with Crippen molar-refractivity contribution in [2.45, 2.75) is 19.4 Å². The van der Waals surface area contributed by atoms with E-state index in [1.54, 1.807) is 0 Å². The molecule has 0 radical (unpaired) electrons. The molecule has 3 N–H and O–H groups in total. The Morgan fingerprint density at radius 2 is 2.32 bits per heavy atom. The fourth-order valence-electron chi connectivity index (χ4n) is 2.51. The summed E-state index contributed by atoms with van der Waals surface area (Å²) in [6.07, 6.45) is 2.14. The van der Waals surface area contributed by atoms with Crippen molar-refractivity contribution in [2.24, 2.45) is 11.7 Å². The lowest BCUT2D eigenvalue weighted by Gasteiger charge is -2.15. The lowest BCUT2D eigenvalue weighted by Crippen LogP contribution is -2.24. The van der Waals surface area contributed by atoms with Crippen molar-refractivity contribution >= 4 is 0 Å². The van der Waals surface area contributed by atoms with Crippen LogP contribution in [0.15, 0.2) is 24.3 Å². The first kappa shape index (κ1) is 14.3. The molecule has 0 amide bonds. The van der Waals surface area contributed by atoms with Crippen molar-refractivity contribution in [3.63, 3.8) is 0 Å². The van der Waals surface area contributed by atoms with Gasteiger partial charge < -0.3 is 20.5 Å². The molecule has 1 aliphatic rings.